The first-order valence-corrected chi connectivity index (χ1v) is 9.83. The summed E-state index contributed by atoms with van der Waals surface area (Å²) in [6.45, 7) is 2.85. The molecule has 0 N–H and O–H groups in total. The van der Waals surface area contributed by atoms with Gasteiger partial charge in [-0.1, -0.05) is 41.7 Å². The van der Waals surface area contributed by atoms with E-state index < -0.39 is 0 Å². The van der Waals surface area contributed by atoms with Gasteiger partial charge in [-0.3, -0.25) is 0 Å². The van der Waals surface area contributed by atoms with Gasteiger partial charge in [-0.15, -0.1) is 10.2 Å². The van der Waals surface area contributed by atoms with E-state index in [0.29, 0.717) is 5.92 Å². The highest BCUT2D eigenvalue weighted by Crippen LogP contribution is 2.43. The van der Waals surface area contributed by atoms with Crippen molar-refractivity contribution in [3.8, 4) is 0 Å². The summed E-state index contributed by atoms with van der Waals surface area (Å²) in [7, 11) is 0. The van der Waals surface area contributed by atoms with Crippen molar-refractivity contribution in [3.63, 3.8) is 0 Å². The van der Waals surface area contributed by atoms with E-state index in [1.807, 2.05) is 6.33 Å². The van der Waals surface area contributed by atoms with Gasteiger partial charge in [0.1, 0.15) is 5.01 Å². The van der Waals surface area contributed by atoms with Gasteiger partial charge in [0.15, 0.2) is 0 Å². The Kier molecular flexibility index (Phi) is 3.77. The number of aromatic nitrogens is 4. The van der Waals surface area contributed by atoms with E-state index in [4.69, 9.17) is 0 Å². The molecular formula is C19H21N5S. The SMILES string of the molecule is c1ccc(CCn2cnc3c2CCN(c2nnc(C4CC4)s2)C3)cc1. The zero-order valence-corrected chi connectivity index (χ0v) is 15.0. The lowest BCUT2D eigenvalue weighted by atomic mass is 10.1. The number of benzene rings is 1. The molecule has 5 nitrogen and oxygen atoms in total. The van der Waals surface area contributed by atoms with Crippen molar-refractivity contribution in [1.29, 1.82) is 0 Å². The average molecular weight is 351 g/mol. The Morgan fingerprint density at radius 3 is 2.84 bits per heavy atom. The molecule has 128 valence electrons. The van der Waals surface area contributed by atoms with Gasteiger partial charge in [0.2, 0.25) is 5.13 Å². The number of nitrogens with zero attached hydrogens (tertiary/aromatic N) is 5. The van der Waals surface area contributed by atoms with E-state index in [1.165, 1.54) is 34.8 Å². The summed E-state index contributed by atoms with van der Waals surface area (Å²) < 4.78 is 2.33. The summed E-state index contributed by atoms with van der Waals surface area (Å²) in [4.78, 5) is 7.01. The molecule has 1 saturated carbocycles. The first-order chi connectivity index (χ1) is 12.4. The van der Waals surface area contributed by atoms with Crippen LogP contribution in [0, 0.1) is 0 Å². The van der Waals surface area contributed by atoms with Crippen LogP contribution in [-0.2, 0) is 25.9 Å². The lowest BCUT2D eigenvalue weighted by Crippen LogP contribution is -2.31. The Labute approximate surface area is 151 Å². The molecule has 3 aromatic rings. The van der Waals surface area contributed by atoms with Crippen molar-refractivity contribution >= 4 is 16.5 Å². The van der Waals surface area contributed by atoms with Crippen LogP contribution in [0.15, 0.2) is 36.7 Å². The van der Waals surface area contributed by atoms with Gasteiger partial charge in [0.25, 0.3) is 0 Å². The predicted molar refractivity (Wildman–Crippen MR) is 99.0 cm³/mol. The maximum Gasteiger partial charge on any atom is 0.208 e. The van der Waals surface area contributed by atoms with E-state index in [2.05, 4.69) is 55.0 Å². The third-order valence-electron chi connectivity index (χ3n) is 5.10. The maximum atomic E-state index is 4.68. The van der Waals surface area contributed by atoms with Gasteiger partial charge in [0, 0.05) is 31.1 Å². The standard InChI is InChI=1S/C19H21N5S/c1-2-4-14(5-3-1)8-10-24-13-20-16-12-23(11-9-17(16)24)19-22-21-18(25-19)15-6-7-15/h1-5,13,15H,6-12H2. The van der Waals surface area contributed by atoms with Gasteiger partial charge >= 0.3 is 0 Å². The van der Waals surface area contributed by atoms with Crippen LogP contribution in [0.2, 0.25) is 0 Å². The van der Waals surface area contributed by atoms with Crippen molar-refractivity contribution in [2.45, 2.75) is 44.7 Å². The van der Waals surface area contributed by atoms with E-state index in [9.17, 15) is 0 Å². The number of hydrogen-bond donors (Lipinski definition) is 0. The van der Waals surface area contributed by atoms with Crippen LogP contribution in [0.3, 0.4) is 0 Å². The average Bonchev–Trinajstić information content (AvgIpc) is 3.25. The Hall–Kier alpha value is -2.21. The Morgan fingerprint density at radius 2 is 2.00 bits per heavy atom. The summed E-state index contributed by atoms with van der Waals surface area (Å²) in [6, 6.07) is 10.7. The number of anilines is 1. The molecule has 25 heavy (non-hydrogen) atoms. The quantitative estimate of drug-likeness (QED) is 0.707. The van der Waals surface area contributed by atoms with Crippen LogP contribution in [-0.4, -0.2) is 26.3 Å². The molecule has 0 saturated heterocycles. The lowest BCUT2D eigenvalue weighted by molar-refractivity contribution is 0.623. The van der Waals surface area contributed by atoms with E-state index in [1.54, 1.807) is 11.3 Å². The molecule has 2 aliphatic rings. The number of rotatable bonds is 5. The van der Waals surface area contributed by atoms with Gasteiger partial charge in [-0.05, 0) is 24.8 Å². The Bertz CT molecular complexity index is 865. The molecule has 0 unspecified atom stereocenters. The monoisotopic (exact) mass is 351 g/mol. The fourth-order valence-electron chi connectivity index (χ4n) is 3.47. The molecule has 0 amide bonds. The highest BCUT2D eigenvalue weighted by atomic mass is 32.1. The van der Waals surface area contributed by atoms with Crippen molar-refractivity contribution in [2.75, 3.05) is 11.4 Å². The summed E-state index contributed by atoms with van der Waals surface area (Å²) in [5.41, 5.74) is 3.96. The highest BCUT2D eigenvalue weighted by molar-refractivity contribution is 7.15. The molecule has 1 aliphatic carbocycles. The zero-order chi connectivity index (χ0) is 16.6. The molecule has 1 aliphatic heterocycles. The number of imidazole rings is 1. The smallest absolute Gasteiger partial charge is 0.208 e. The summed E-state index contributed by atoms with van der Waals surface area (Å²) in [6.07, 6.45) is 6.65. The van der Waals surface area contributed by atoms with E-state index >= 15 is 0 Å². The van der Waals surface area contributed by atoms with Crippen LogP contribution in [0.1, 0.15) is 40.7 Å². The van der Waals surface area contributed by atoms with Crippen molar-refractivity contribution < 1.29 is 0 Å². The molecular weight excluding hydrogens is 330 g/mol. The minimum Gasteiger partial charge on any atom is -0.340 e. The summed E-state index contributed by atoms with van der Waals surface area (Å²) >= 11 is 1.77. The van der Waals surface area contributed by atoms with Crippen molar-refractivity contribution in [1.82, 2.24) is 19.7 Å². The zero-order valence-electron chi connectivity index (χ0n) is 14.1. The molecule has 0 atom stereocenters. The number of aryl methyl sites for hydroxylation is 2. The highest BCUT2D eigenvalue weighted by Gasteiger charge is 2.29. The van der Waals surface area contributed by atoms with Gasteiger partial charge in [0.05, 0.1) is 18.6 Å². The van der Waals surface area contributed by atoms with E-state index in [0.717, 1.165) is 37.6 Å². The third kappa shape index (κ3) is 3.06. The first-order valence-electron chi connectivity index (χ1n) is 9.02. The van der Waals surface area contributed by atoms with Gasteiger partial charge < -0.3 is 9.47 Å². The van der Waals surface area contributed by atoms with E-state index in [-0.39, 0.29) is 0 Å². The van der Waals surface area contributed by atoms with Crippen LogP contribution in [0.4, 0.5) is 5.13 Å². The normalized spacial score (nSPS) is 16.9. The number of hydrogen-bond acceptors (Lipinski definition) is 5. The van der Waals surface area contributed by atoms with Crippen LogP contribution in [0.25, 0.3) is 0 Å². The minimum atomic E-state index is 0.684. The van der Waals surface area contributed by atoms with Crippen LogP contribution >= 0.6 is 11.3 Å². The Morgan fingerprint density at radius 1 is 1.12 bits per heavy atom. The third-order valence-corrected chi connectivity index (χ3v) is 6.25. The van der Waals surface area contributed by atoms with Gasteiger partial charge in [-0.25, -0.2) is 4.98 Å². The molecule has 2 aromatic heterocycles. The van der Waals surface area contributed by atoms with Crippen LogP contribution < -0.4 is 4.90 Å². The molecule has 1 fully saturated rings. The second kappa shape index (κ2) is 6.26. The molecule has 0 spiro atoms. The van der Waals surface area contributed by atoms with Crippen molar-refractivity contribution in [2.24, 2.45) is 0 Å². The van der Waals surface area contributed by atoms with Crippen LogP contribution in [0.5, 0.6) is 0 Å². The fourth-order valence-corrected chi connectivity index (χ4v) is 4.51. The second-order valence-electron chi connectivity index (χ2n) is 6.94. The minimum absolute atomic E-state index is 0.684. The molecule has 6 heteroatoms. The molecule has 5 rings (SSSR count). The summed E-state index contributed by atoms with van der Waals surface area (Å²) in [5, 5.41) is 11.1. The number of fused-ring (bicyclic) bond motifs is 1. The molecule has 3 heterocycles. The Balaban J connectivity index is 1.28. The molecule has 1 aromatic carbocycles. The first kappa shape index (κ1) is 15.1. The molecule has 0 bridgehead atoms. The summed E-state index contributed by atoms with van der Waals surface area (Å²) in [5.74, 6) is 0.684. The predicted octanol–water partition coefficient (Wildman–Crippen LogP) is 3.42. The van der Waals surface area contributed by atoms with Gasteiger partial charge in [-0.2, -0.15) is 0 Å². The van der Waals surface area contributed by atoms with Crippen molar-refractivity contribution in [3.05, 3.63) is 58.6 Å². The largest absolute Gasteiger partial charge is 0.340 e. The topological polar surface area (TPSA) is 46.8 Å². The molecule has 0 radical (unpaired) electrons. The lowest BCUT2D eigenvalue weighted by Gasteiger charge is -2.26. The second-order valence-corrected chi connectivity index (χ2v) is 7.92. The fraction of sp³-hybridized carbons (Fsp3) is 0.421. The maximum absolute atomic E-state index is 4.68.